The second-order valence-electron chi connectivity index (χ2n) is 5.05. The maximum absolute atomic E-state index is 11.0. The van der Waals surface area contributed by atoms with Gasteiger partial charge >= 0.3 is 11.9 Å². The van der Waals surface area contributed by atoms with Crippen molar-refractivity contribution in [3.8, 4) is 0 Å². The van der Waals surface area contributed by atoms with Crippen LogP contribution in [0.25, 0.3) is 0 Å². The Morgan fingerprint density at radius 2 is 1.00 bits per heavy atom. The molecule has 0 amide bonds. The minimum absolute atomic E-state index is 0.207. The second kappa shape index (κ2) is 3.75. The van der Waals surface area contributed by atoms with Gasteiger partial charge in [-0.05, 0) is 38.5 Å². The SMILES string of the molecule is CC(=O)OC12CCC(OC(C)=O)(CC1)CC2. The summed E-state index contributed by atoms with van der Waals surface area (Å²) in [6.07, 6.45) is 4.92. The molecule has 3 fully saturated rings. The van der Waals surface area contributed by atoms with Gasteiger partial charge in [-0.15, -0.1) is 0 Å². The Balaban J connectivity index is 2.02. The van der Waals surface area contributed by atoms with Crippen LogP contribution in [0.3, 0.4) is 0 Å². The van der Waals surface area contributed by atoms with Gasteiger partial charge in [0.25, 0.3) is 0 Å². The van der Waals surface area contributed by atoms with E-state index in [2.05, 4.69) is 0 Å². The molecule has 0 aromatic heterocycles. The highest BCUT2D eigenvalue weighted by atomic mass is 16.6. The minimum Gasteiger partial charge on any atom is -0.459 e. The number of ether oxygens (including phenoxy) is 2. The molecule has 0 heterocycles. The van der Waals surface area contributed by atoms with Gasteiger partial charge in [0, 0.05) is 13.8 Å². The van der Waals surface area contributed by atoms with Gasteiger partial charge in [0.1, 0.15) is 11.2 Å². The minimum atomic E-state index is -0.270. The van der Waals surface area contributed by atoms with Gasteiger partial charge in [0.2, 0.25) is 0 Å². The quantitative estimate of drug-likeness (QED) is 0.675. The average Bonchev–Trinajstić information content (AvgIpc) is 2.18. The second-order valence-corrected chi connectivity index (χ2v) is 5.05. The fraction of sp³-hybridized carbons (Fsp3) is 0.833. The summed E-state index contributed by atoms with van der Waals surface area (Å²) in [4.78, 5) is 22.1. The number of fused-ring (bicyclic) bond motifs is 3. The van der Waals surface area contributed by atoms with Gasteiger partial charge in [0.05, 0.1) is 0 Å². The molecule has 90 valence electrons. The lowest BCUT2D eigenvalue weighted by Crippen LogP contribution is -2.53. The van der Waals surface area contributed by atoms with E-state index in [1.807, 2.05) is 0 Å². The largest absolute Gasteiger partial charge is 0.459 e. The molecule has 3 aliphatic rings. The van der Waals surface area contributed by atoms with Gasteiger partial charge < -0.3 is 9.47 Å². The molecule has 0 N–H and O–H groups in total. The highest BCUT2D eigenvalue weighted by molar-refractivity contribution is 5.67. The molecule has 2 bridgehead atoms. The number of rotatable bonds is 2. The summed E-state index contributed by atoms with van der Waals surface area (Å²) in [6, 6.07) is 0. The summed E-state index contributed by atoms with van der Waals surface area (Å²) in [7, 11) is 0. The van der Waals surface area contributed by atoms with Gasteiger partial charge in [-0.2, -0.15) is 0 Å². The predicted octanol–water partition coefficient (Wildman–Crippen LogP) is 1.96. The highest BCUT2D eigenvalue weighted by Gasteiger charge is 2.52. The topological polar surface area (TPSA) is 52.6 Å². The van der Waals surface area contributed by atoms with E-state index >= 15 is 0 Å². The fourth-order valence-electron chi connectivity index (χ4n) is 3.03. The maximum Gasteiger partial charge on any atom is 0.303 e. The molecule has 0 spiro atoms. The molecule has 0 saturated heterocycles. The summed E-state index contributed by atoms with van der Waals surface area (Å²) in [5.74, 6) is -0.413. The van der Waals surface area contributed by atoms with Crippen molar-refractivity contribution in [3.05, 3.63) is 0 Å². The molecule has 4 heteroatoms. The Bertz CT molecular complexity index is 264. The van der Waals surface area contributed by atoms with E-state index in [1.165, 1.54) is 13.8 Å². The van der Waals surface area contributed by atoms with Crippen molar-refractivity contribution in [2.45, 2.75) is 63.6 Å². The van der Waals surface area contributed by atoms with E-state index in [0.29, 0.717) is 0 Å². The van der Waals surface area contributed by atoms with Crippen molar-refractivity contribution in [2.24, 2.45) is 0 Å². The van der Waals surface area contributed by atoms with E-state index in [4.69, 9.17) is 9.47 Å². The van der Waals surface area contributed by atoms with E-state index in [-0.39, 0.29) is 23.1 Å². The average molecular weight is 226 g/mol. The first-order valence-corrected chi connectivity index (χ1v) is 5.85. The summed E-state index contributed by atoms with van der Waals surface area (Å²) in [6.45, 7) is 2.91. The van der Waals surface area contributed by atoms with Crippen LogP contribution < -0.4 is 0 Å². The molecule has 4 nitrogen and oxygen atoms in total. The van der Waals surface area contributed by atoms with Crippen LogP contribution in [0.2, 0.25) is 0 Å². The molecule has 3 rings (SSSR count). The first-order chi connectivity index (χ1) is 7.45. The first-order valence-electron chi connectivity index (χ1n) is 5.85. The van der Waals surface area contributed by atoms with Gasteiger partial charge in [-0.25, -0.2) is 0 Å². The fourth-order valence-corrected chi connectivity index (χ4v) is 3.03. The molecule has 0 aromatic carbocycles. The van der Waals surface area contributed by atoms with E-state index < -0.39 is 0 Å². The van der Waals surface area contributed by atoms with Crippen molar-refractivity contribution in [1.82, 2.24) is 0 Å². The predicted molar refractivity (Wildman–Crippen MR) is 56.7 cm³/mol. The Labute approximate surface area is 95.3 Å². The van der Waals surface area contributed by atoms with Crippen LogP contribution in [0.4, 0.5) is 0 Å². The number of hydrogen-bond donors (Lipinski definition) is 0. The Morgan fingerprint density at radius 1 is 0.750 bits per heavy atom. The number of esters is 2. The van der Waals surface area contributed by atoms with E-state index in [9.17, 15) is 9.59 Å². The Kier molecular flexibility index (Phi) is 2.68. The molecular formula is C12H18O4. The molecule has 3 saturated carbocycles. The zero-order valence-corrected chi connectivity index (χ0v) is 9.88. The highest BCUT2D eigenvalue weighted by Crippen LogP contribution is 2.50. The third-order valence-electron chi connectivity index (χ3n) is 3.83. The van der Waals surface area contributed by atoms with Crippen molar-refractivity contribution in [2.75, 3.05) is 0 Å². The van der Waals surface area contributed by atoms with E-state index in [0.717, 1.165) is 38.5 Å². The van der Waals surface area contributed by atoms with Crippen LogP contribution in [-0.2, 0) is 19.1 Å². The standard InChI is InChI=1S/C12H18O4/c1-9(13)15-11-3-6-12(7-4-11,8-5-11)16-10(2)14/h3-8H2,1-2H3. The molecule has 3 aliphatic carbocycles. The van der Waals surface area contributed by atoms with Crippen molar-refractivity contribution in [3.63, 3.8) is 0 Å². The third-order valence-corrected chi connectivity index (χ3v) is 3.83. The zero-order chi connectivity index (χ0) is 11.8. The van der Waals surface area contributed by atoms with Crippen LogP contribution >= 0.6 is 0 Å². The molecule has 0 radical (unpaired) electrons. The molecule has 0 unspecified atom stereocenters. The number of carbonyl (C=O) groups is 2. The molecule has 0 aliphatic heterocycles. The lowest BCUT2D eigenvalue weighted by atomic mass is 9.65. The lowest BCUT2D eigenvalue weighted by Gasteiger charge is -2.51. The van der Waals surface area contributed by atoms with Crippen LogP contribution in [0.1, 0.15) is 52.4 Å². The number of hydrogen-bond acceptors (Lipinski definition) is 4. The molecular weight excluding hydrogens is 208 g/mol. The summed E-state index contributed by atoms with van der Waals surface area (Å²) < 4.78 is 10.9. The maximum atomic E-state index is 11.0. The summed E-state index contributed by atoms with van der Waals surface area (Å²) in [5.41, 5.74) is -0.540. The van der Waals surface area contributed by atoms with Gasteiger partial charge in [-0.3, -0.25) is 9.59 Å². The van der Waals surface area contributed by atoms with Crippen molar-refractivity contribution in [1.29, 1.82) is 0 Å². The van der Waals surface area contributed by atoms with Gasteiger partial charge in [-0.1, -0.05) is 0 Å². The number of carbonyl (C=O) groups excluding carboxylic acids is 2. The first kappa shape index (κ1) is 11.4. The summed E-state index contributed by atoms with van der Waals surface area (Å²) in [5, 5.41) is 0. The normalized spacial score (nSPS) is 36.9. The summed E-state index contributed by atoms with van der Waals surface area (Å²) >= 11 is 0. The smallest absolute Gasteiger partial charge is 0.303 e. The van der Waals surface area contributed by atoms with Crippen molar-refractivity contribution >= 4 is 11.9 Å². The monoisotopic (exact) mass is 226 g/mol. The third kappa shape index (κ3) is 2.06. The molecule has 0 atom stereocenters. The van der Waals surface area contributed by atoms with E-state index in [1.54, 1.807) is 0 Å². The van der Waals surface area contributed by atoms with Crippen LogP contribution in [0, 0.1) is 0 Å². The molecule has 0 aromatic rings. The zero-order valence-electron chi connectivity index (χ0n) is 9.88. The Morgan fingerprint density at radius 3 is 1.19 bits per heavy atom. The van der Waals surface area contributed by atoms with Crippen LogP contribution in [0.15, 0.2) is 0 Å². The Hall–Kier alpha value is -1.06. The molecule has 16 heavy (non-hydrogen) atoms. The van der Waals surface area contributed by atoms with Crippen LogP contribution in [-0.4, -0.2) is 23.1 Å². The van der Waals surface area contributed by atoms with Crippen molar-refractivity contribution < 1.29 is 19.1 Å². The lowest BCUT2D eigenvalue weighted by molar-refractivity contribution is -0.199. The van der Waals surface area contributed by atoms with Crippen LogP contribution in [0.5, 0.6) is 0 Å². The van der Waals surface area contributed by atoms with Gasteiger partial charge in [0.15, 0.2) is 0 Å².